The minimum atomic E-state index is -0.249. The summed E-state index contributed by atoms with van der Waals surface area (Å²) in [6.45, 7) is -0.249. The van der Waals surface area contributed by atoms with Crippen molar-refractivity contribution in [2.24, 2.45) is 11.8 Å². The second-order valence-corrected chi connectivity index (χ2v) is 5.49. The van der Waals surface area contributed by atoms with Gasteiger partial charge in [0.25, 0.3) is 0 Å². The topological polar surface area (TPSA) is 57.6 Å². The predicted octanol–water partition coefficient (Wildman–Crippen LogP) is 1.71. The zero-order chi connectivity index (χ0) is 14.8. The van der Waals surface area contributed by atoms with E-state index in [2.05, 4.69) is 11.8 Å². The van der Waals surface area contributed by atoms with Crippen LogP contribution in [0.25, 0.3) is 0 Å². The highest BCUT2D eigenvalue weighted by Crippen LogP contribution is 2.40. The predicted molar refractivity (Wildman–Crippen MR) is 78.3 cm³/mol. The van der Waals surface area contributed by atoms with Crippen molar-refractivity contribution in [2.45, 2.75) is 25.7 Å². The summed E-state index contributed by atoms with van der Waals surface area (Å²) < 4.78 is 0. The van der Waals surface area contributed by atoms with Gasteiger partial charge in [-0.1, -0.05) is 36.8 Å². The van der Waals surface area contributed by atoms with Crippen LogP contribution >= 0.6 is 0 Å². The Morgan fingerprint density at radius 1 is 1.10 bits per heavy atom. The van der Waals surface area contributed by atoms with Crippen molar-refractivity contribution in [3.05, 3.63) is 29.8 Å². The highest BCUT2D eigenvalue weighted by molar-refractivity contribution is 6.22. The van der Waals surface area contributed by atoms with Crippen LogP contribution in [-0.4, -0.2) is 23.5 Å². The van der Waals surface area contributed by atoms with Gasteiger partial charge in [0.15, 0.2) is 0 Å². The average molecular weight is 283 g/mol. The lowest BCUT2D eigenvalue weighted by atomic mass is 9.81. The summed E-state index contributed by atoms with van der Waals surface area (Å²) in [5.74, 6) is 4.88. The first-order valence-electron chi connectivity index (χ1n) is 7.30. The fourth-order valence-corrected chi connectivity index (χ4v) is 3.31. The van der Waals surface area contributed by atoms with Crippen LogP contribution in [0, 0.1) is 23.7 Å². The Morgan fingerprint density at radius 2 is 1.71 bits per heavy atom. The molecular weight excluding hydrogens is 266 g/mol. The SMILES string of the molecule is O=C1C2CCCCC2C(=O)N1c1ccccc1C#CCO. The fourth-order valence-electron chi connectivity index (χ4n) is 3.31. The minimum absolute atomic E-state index is 0.0945. The molecule has 1 heterocycles. The number of fused-ring (bicyclic) bond motifs is 1. The van der Waals surface area contributed by atoms with Crippen molar-refractivity contribution >= 4 is 17.5 Å². The Labute approximate surface area is 123 Å². The van der Waals surface area contributed by atoms with Gasteiger partial charge in [-0.3, -0.25) is 9.59 Å². The van der Waals surface area contributed by atoms with E-state index in [-0.39, 0.29) is 30.3 Å². The molecule has 1 aliphatic heterocycles. The van der Waals surface area contributed by atoms with Crippen molar-refractivity contribution in [3.8, 4) is 11.8 Å². The molecule has 1 saturated heterocycles. The lowest BCUT2D eigenvalue weighted by Gasteiger charge is -2.19. The smallest absolute Gasteiger partial charge is 0.237 e. The van der Waals surface area contributed by atoms with E-state index >= 15 is 0 Å². The van der Waals surface area contributed by atoms with Crippen LogP contribution in [0.1, 0.15) is 31.2 Å². The summed E-state index contributed by atoms with van der Waals surface area (Å²) in [5, 5.41) is 8.84. The van der Waals surface area contributed by atoms with Gasteiger partial charge in [-0.2, -0.15) is 0 Å². The molecule has 0 spiro atoms. The molecule has 0 aromatic heterocycles. The van der Waals surface area contributed by atoms with E-state index in [4.69, 9.17) is 5.11 Å². The number of benzene rings is 1. The molecule has 108 valence electrons. The Kier molecular flexibility index (Phi) is 3.76. The molecular formula is C17H17NO3. The number of nitrogens with zero attached hydrogens (tertiary/aromatic N) is 1. The Balaban J connectivity index is 2.00. The van der Waals surface area contributed by atoms with Crippen molar-refractivity contribution < 1.29 is 14.7 Å². The molecule has 2 atom stereocenters. The fraction of sp³-hybridized carbons (Fsp3) is 0.412. The number of amides is 2. The van der Waals surface area contributed by atoms with Crippen molar-refractivity contribution in [3.63, 3.8) is 0 Å². The number of hydrogen-bond acceptors (Lipinski definition) is 3. The second kappa shape index (κ2) is 5.71. The van der Waals surface area contributed by atoms with E-state index in [1.807, 2.05) is 6.07 Å². The summed E-state index contributed by atoms with van der Waals surface area (Å²) in [4.78, 5) is 26.5. The van der Waals surface area contributed by atoms with Gasteiger partial charge in [-0.25, -0.2) is 4.90 Å². The monoisotopic (exact) mass is 283 g/mol. The Bertz CT molecular complexity index is 617. The Hall–Kier alpha value is -2.12. The van der Waals surface area contributed by atoms with Gasteiger partial charge >= 0.3 is 0 Å². The maximum Gasteiger partial charge on any atom is 0.237 e. The maximum absolute atomic E-state index is 12.6. The van der Waals surface area contributed by atoms with E-state index in [1.165, 1.54) is 4.90 Å². The minimum Gasteiger partial charge on any atom is -0.384 e. The van der Waals surface area contributed by atoms with Crippen LogP contribution in [-0.2, 0) is 9.59 Å². The molecule has 21 heavy (non-hydrogen) atoms. The number of rotatable bonds is 1. The highest BCUT2D eigenvalue weighted by Gasteiger charge is 2.49. The van der Waals surface area contributed by atoms with Gasteiger partial charge in [-0.15, -0.1) is 0 Å². The first kappa shape index (κ1) is 13.8. The molecule has 2 aliphatic rings. The third-order valence-electron chi connectivity index (χ3n) is 4.29. The number of hydrogen-bond donors (Lipinski definition) is 1. The molecule has 1 N–H and O–H groups in total. The molecule has 0 radical (unpaired) electrons. The van der Waals surface area contributed by atoms with Crippen molar-refractivity contribution in [1.82, 2.24) is 0 Å². The number of aliphatic hydroxyl groups is 1. The number of anilines is 1. The summed E-state index contributed by atoms with van der Waals surface area (Å²) in [6.07, 6.45) is 3.63. The number of para-hydroxylation sites is 1. The summed E-state index contributed by atoms with van der Waals surface area (Å²) in [7, 11) is 0. The third-order valence-corrected chi connectivity index (χ3v) is 4.29. The van der Waals surface area contributed by atoms with Gasteiger partial charge in [-0.05, 0) is 25.0 Å². The normalized spacial score (nSPS) is 24.5. The van der Waals surface area contributed by atoms with Crippen molar-refractivity contribution in [1.29, 1.82) is 0 Å². The summed E-state index contributed by atoms with van der Waals surface area (Å²) in [6, 6.07) is 7.11. The zero-order valence-corrected chi connectivity index (χ0v) is 11.7. The van der Waals surface area contributed by atoms with Crippen LogP contribution < -0.4 is 4.90 Å². The number of carbonyl (C=O) groups is 2. The largest absolute Gasteiger partial charge is 0.384 e. The lowest BCUT2D eigenvalue weighted by Crippen LogP contribution is -2.31. The van der Waals surface area contributed by atoms with Crippen LogP contribution in [0.3, 0.4) is 0 Å². The van der Waals surface area contributed by atoms with E-state index < -0.39 is 0 Å². The second-order valence-electron chi connectivity index (χ2n) is 5.49. The van der Waals surface area contributed by atoms with Gasteiger partial charge in [0.05, 0.1) is 17.5 Å². The molecule has 4 heteroatoms. The molecule has 1 saturated carbocycles. The molecule has 1 aliphatic carbocycles. The van der Waals surface area contributed by atoms with E-state index in [1.54, 1.807) is 18.2 Å². The highest BCUT2D eigenvalue weighted by atomic mass is 16.2. The van der Waals surface area contributed by atoms with E-state index in [0.717, 1.165) is 25.7 Å². The first-order valence-corrected chi connectivity index (χ1v) is 7.30. The van der Waals surface area contributed by atoms with Crippen LogP contribution in [0.2, 0.25) is 0 Å². The van der Waals surface area contributed by atoms with Crippen LogP contribution in [0.15, 0.2) is 24.3 Å². The van der Waals surface area contributed by atoms with Crippen molar-refractivity contribution in [2.75, 3.05) is 11.5 Å². The number of aliphatic hydroxyl groups excluding tert-OH is 1. The summed E-state index contributed by atoms with van der Waals surface area (Å²) >= 11 is 0. The lowest BCUT2D eigenvalue weighted by molar-refractivity contribution is -0.122. The zero-order valence-electron chi connectivity index (χ0n) is 11.7. The molecule has 3 rings (SSSR count). The standard InChI is InChI=1S/C17H17NO3/c19-11-5-7-12-6-1-4-10-15(12)18-16(20)13-8-2-3-9-14(13)17(18)21/h1,4,6,10,13-14,19H,2-3,8-9,11H2. The van der Waals surface area contributed by atoms with Gasteiger partial charge in [0, 0.05) is 5.56 Å². The number of imide groups is 1. The van der Waals surface area contributed by atoms with Crippen LogP contribution in [0.5, 0.6) is 0 Å². The summed E-state index contributed by atoms with van der Waals surface area (Å²) in [5.41, 5.74) is 1.15. The van der Waals surface area contributed by atoms with Crippen LogP contribution in [0.4, 0.5) is 5.69 Å². The van der Waals surface area contributed by atoms with Gasteiger partial charge < -0.3 is 5.11 Å². The van der Waals surface area contributed by atoms with Gasteiger partial charge in [0.1, 0.15) is 6.61 Å². The molecule has 1 aromatic carbocycles. The van der Waals surface area contributed by atoms with E-state index in [0.29, 0.717) is 11.3 Å². The first-order chi connectivity index (χ1) is 10.2. The number of carbonyl (C=O) groups excluding carboxylic acids is 2. The van der Waals surface area contributed by atoms with E-state index in [9.17, 15) is 9.59 Å². The molecule has 4 nitrogen and oxygen atoms in total. The molecule has 1 aromatic rings. The molecule has 2 fully saturated rings. The Morgan fingerprint density at radius 3 is 2.33 bits per heavy atom. The molecule has 0 bridgehead atoms. The molecule has 2 unspecified atom stereocenters. The third kappa shape index (κ3) is 2.34. The maximum atomic E-state index is 12.6. The van der Waals surface area contributed by atoms with Gasteiger partial charge in [0.2, 0.25) is 11.8 Å². The molecule has 2 amide bonds. The average Bonchev–Trinajstić information content (AvgIpc) is 2.78. The quantitative estimate of drug-likeness (QED) is 0.630.